The van der Waals surface area contributed by atoms with E-state index in [-0.39, 0.29) is 12.5 Å². The molecule has 0 saturated carbocycles. The van der Waals surface area contributed by atoms with Gasteiger partial charge in [0.25, 0.3) is 0 Å². The quantitative estimate of drug-likeness (QED) is 0.774. The predicted molar refractivity (Wildman–Crippen MR) is 63.1 cm³/mol. The number of carbonyl (C=O) groups is 1. The summed E-state index contributed by atoms with van der Waals surface area (Å²) in [7, 11) is 5.23. The van der Waals surface area contributed by atoms with Crippen molar-refractivity contribution in [2.45, 2.75) is 6.92 Å². The number of nitrogens with zero attached hydrogens (tertiary/aromatic N) is 4. The Morgan fingerprint density at radius 3 is 2.50 bits per heavy atom. The van der Waals surface area contributed by atoms with E-state index in [1.807, 2.05) is 0 Å². The second kappa shape index (κ2) is 4.78. The van der Waals surface area contributed by atoms with Crippen LogP contribution in [0.25, 0.3) is 0 Å². The molecule has 1 amide bonds. The van der Waals surface area contributed by atoms with E-state index in [4.69, 9.17) is 5.73 Å². The summed E-state index contributed by atoms with van der Waals surface area (Å²) in [6.45, 7) is 2.03. The van der Waals surface area contributed by atoms with Gasteiger partial charge in [-0.05, 0) is 6.92 Å². The molecule has 1 aromatic rings. The van der Waals surface area contributed by atoms with Crippen LogP contribution in [0, 0.1) is 6.92 Å². The van der Waals surface area contributed by atoms with Crippen molar-refractivity contribution in [3.05, 3.63) is 11.9 Å². The van der Waals surface area contributed by atoms with E-state index in [1.54, 1.807) is 39.0 Å². The van der Waals surface area contributed by atoms with Gasteiger partial charge >= 0.3 is 0 Å². The molecule has 0 aliphatic carbocycles. The van der Waals surface area contributed by atoms with Gasteiger partial charge in [-0.1, -0.05) is 0 Å². The van der Waals surface area contributed by atoms with Crippen LogP contribution in [0.4, 0.5) is 11.6 Å². The van der Waals surface area contributed by atoms with Crippen molar-refractivity contribution in [3.63, 3.8) is 0 Å². The molecule has 1 heterocycles. The van der Waals surface area contributed by atoms with Gasteiger partial charge in [-0.25, -0.2) is 9.97 Å². The van der Waals surface area contributed by atoms with Gasteiger partial charge in [0, 0.05) is 27.2 Å². The minimum absolute atomic E-state index is 0.0114. The van der Waals surface area contributed by atoms with Crippen LogP contribution >= 0.6 is 0 Å². The van der Waals surface area contributed by atoms with E-state index in [2.05, 4.69) is 9.97 Å². The second-order valence-corrected chi connectivity index (χ2v) is 3.84. The molecular formula is C10H17N5O. The molecule has 0 fully saturated rings. The number of aryl methyl sites for hydroxylation is 1. The third-order valence-corrected chi connectivity index (χ3v) is 2.11. The molecule has 1 rings (SSSR count). The molecular weight excluding hydrogens is 206 g/mol. The molecule has 0 unspecified atom stereocenters. The molecule has 1 aromatic heterocycles. The van der Waals surface area contributed by atoms with E-state index in [0.717, 1.165) is 0 Å². The van der Waals surface area contributed by atoms with E-state index in [9.17, 15) is 4.79 Å². The zero-order valence-electron chi connectivity index (χ0n) is 10.1. The summed E-state index contributed by atoms with van der Waals surface area (Å²) in [6, 6.07) is 1.65. The number of carbonyl (C=O) groups excluding carboxylic acids is 1. The Hall–Kier alpha value is -1.85. The van der Waals surface area contributed by atoms with Crippen molar-refractivity contribution in [1.29, 1.82) is 0 Å². The van der Waals surface area contributed by atoms with Crippen molar-refractivity contribution < 1.29 is 4.79 Å². The van der Waals surface area contributed by atoms with Crippen LogP contribution in [-0.4, -0.2) is 48.5 Å². The fraction of sp³-hybridized carbons (Fsp3) is 0.500. The molecule has 0 atom stereocenters. The first kappa shape index (κ1) is 12.2. The Labute approximate surface area is 95.1 Å². The molecule has 0 aliphatic rings. The van der Waals surface area contributed by atoms with Gasteiger partial charge < -0.3 is 15.5 Å². The largest absolute Gasteiger partial charge is 0.384 e. The normalized spacial score (nSPS) is 10.0. The molecule has 0 aliphatic heterocycles. The van der Waals surface area contributed by atoms with Crippen molar-refractivity contribution in [1.82, 2.24) is 14.9 Å². The van der Waals surface area contributed by atoms with Crippen LogP contribution < -0.4 is 10.6 Å². The first-order valence-corrected chi connectivity index (χ1v) is 4.92. The number of likely N-dealkylation sites (N-methyl/N-ethyl adjacent to an activating group) is 2. The van der Waals surface area contributed by atoms with Gasteiger partial charge in [-0.15, -0.1) is 0 Å². The highest BCUT2D eigenvalue weighted by molar-refractivity contribution is 5.80. The Bertz CT molecular complexity index is 371. The summed E-state index contributed by atoms with van der Waals surface area (Å²) < 4.78 is 0. The average molecular weight is 223 g/mol. The number of rotatable bonds is 3. The zero-order chi connectivity index (χ0) is 12.3. The number of hydrogen-bond donors (Lipinski definition) is 1. The molecule has 0 saturated heterocycles. The van der Waals surface area contributed by atoms with Crippen LogP contribution in [-0.2, 0) is 4.79 Å². The van der Waals surface area contributed by atoms with Crippen LogP contribution in [0.15, 0.2) is 6.07 Å². The summed E-state index contributed by atoms with van der Waals surface area (Å²) in [5, 5.41) is 0. The number of amides is 1. The molecule has 0 aromatic carbocycles. The Balaban J connectivity index is 2.80. The highest BCUT2D eigenvalue weighted by Crippen LogP contribution is 2.11. The van der Waals surface area contributed by atoms with Gasteiger partial charge in [0.05, 0.1) is 6.54 Å². The van der Waals surface area contributed by atoms with Crippen molar-refractivity contribution in [2.75, 3.05) is 38.3 Å². The Morgan fingerprint density at radius 2 is 2.00 bits per heavy atom. The lowest BCUT2D eigenvalue weighted by Crippen LogP contribution is -2.34. The number of nitrogens with two attached hydrogens (primary N) is 1. The van der Waals surface area contributed by atoms with Crippen LogP contribution in [0.2, 0.25) is 0 Å². The summed E-state index contributed by atoms with van der Waals surface area (Å²) in [5.41, 5.74) is 5.61. The monoisotopic (exact) mass is 223 g/mol. The molecule has 0 radical (unpaired) electrons. The fourth-order valence-electron chi connectivity index (χ4n) is 1.20. The zero-order valence-corrected chi connectivity index (χ0v) is 10.1. The highest BCUT2D eigenvalue weighted by Gasteiger charge is 2.11. The third-order valence-electron chi connectivity index (χ3n) is 2.11. The van der Waals surface area contributed by atoms with Gasteiger partial charge in [-0.2, -0.15) is 0 Å². The second-order valence-electron chi connectivity index (χ2n) is 3.84. The van der Waals surface area contributed by atoms with Gasteiger partial charge in [0.2, 0.25) is 5.91 Å². The SMILES string of the molecule is Cc1nc(N)cc(N(C)CC(=O)N(C)C)n1. The van der Waals surface area contributed by atoms with Gasteiger partial charge in [0.1, 0.15) is 17.5 Å². The van der Waals surface area contributed by atoms with Gasteiger partial charge in [-0.3, -0.25) is 4.79 Å². The van der Waals surface area contributed by atoms with E-state index in [1.165, 1.54) is 4.90 Å². The Kier molecular flexibility index (Phi) is 3.65. The maximum absolute atomic E-state index is 11.5. The van der Waals surface area contributed by atoms with Crippen molar-refractivity contribution in [3.8, 4) is 0 Å². The van der Waals surface area contributed by atoms with Crippen molar-refractivity contribution >= 4 is 17.5 Å². The summed E-state index contributed by atoms with van der Waals surface area (Å²) >= 11 is 0. The van der Waals surface area contributed by atoms with Gasteiger partial charge in [0.15, 0.2) is 0 Å². The van der Waals surface area contributed by atoms with E-state index in [0.29, 0.717) is 17.5 Å². The van der Waals surface area contributed by atoms with Crippen LogP contribution in [0.3, 0.4) is 0 Å². The molecule has 16 heavy (non-hydrogen) atoms. The summed E-state index contributed by atoms with van der Waals surface area (Å²) in [5.74, 6) is 1.67. The lowest BCUT2D eigenvalue weighted by molar-refractivity contribution is -0.127. The average Bonchev–Trinajstić information content (AvgIpc) is 2.15. The topological polar surface area (TPSA) is 75.3 Å². The molecule has 0 spiro atoms. The predicted octanol–water partition coefficient (Wildman–Crippen LogP) is -0.108. The standard InChI is InChI=1S/C10H17N5O/c1-7-12-8(11)5-9(13-7)15(4)6-10(16)14(2)3/h5H,6H2,1-4H3,(H2,11,12,13). The summed E-state index contributed by atoms with van der Waals surface area (Å²) in [6.07, 6.45) is 0. The fourth-order valence-corrected chi connectivity index (χ4v) is 1.20. The number of aromatic nitrogens is 2. The molecule has 6 nitrogen and oxygen atoms in total. The molecule has 2 N–H and O–H groups in total. The minimum Gasteiger partial charge on any atom is -0.384 e. The van der Waals surface area contributed by atoms with Crippen molar-refractivity contribution in [2.24, 2.45) is 0 Å². The lowest BCUT2D eigenvalue weighted by atomic mass is 10.4. The molecule has 6 heteroatoms. The summed E-state index contributed by atoms with van der Waals surface area (Å²) in [4.78, 5) is 23.0. The molecule has 88 valence electrons. The smallest absolute Gasteiger partial charge is 0.241 e. The van der Waals surface area contributed by atoms with E-state index >= 15 is 0 Å². The van der Waals surface area contributed by atoms with E-state index < -0.39 is 0 Å². The first-order chi connectivity index (χ1) is 7.40. The molecule has 0 bridgehead atoms. The van der Waals surface area contributed by atoms with Crippen LogP contribution in [0.5, 0.6) is 0 Å². The Morgan fingerprint density at radius 1 is 1.38 bits per heavy atom. The number of hydrogen-bond acceptors (Lipinski definition) is 5. The lowest BCUT2D eigenvalue weighted by Gasteiger charge is -2.20. The third kappa shape index (κ3) is 3.08. The van der Waals surface area contributed by atoms with Crippen LogP contribution in [0.1, 0.15) is 5.82 Å². The maximum Gasteiger partial charge on any atom is 0.241 e. The number of anilines is 2. The highest BCUT2D eigenvalue weighted by atomic mass is 16.2. The maximum atomic E-state index is 11.5. The minimum atomic E-state index is 0.0114. The number of nitrogen functional groups attached to an aromatic ring is 1. The first-order valence-electron chi connectivity index (χ1n) is 4.92.